The molecule has 1 aliphatic heterocycles. The maximum absolute atomic E-state index is 9.88. The van der Waals surface area contributed by atoms with Crippen molar-refractivity contribution in [2.75, 3.05) is 4.61 Å². The van der Waals surface area contributed by atoms with Gasteiger partial charge in [0.2, 0.25) is 0 Å². The third-order valence-electron chi connectivity index (χ3n) is 0.356. The van der Waals surface area contributed by atoms with E-state index in [1.807, 2.05) is 0 Å². The number of carbonyl (C=O) groups is 1. The molecule has 6 heavy (non-hydrogen) atoms. The monoisotopic (exact) mass is 202 g/mol. The molecule has 1 rings (SSSR count). The fraction of sp³-hybridized carbons (Fsp3) is 0.500. The zero-order chi connectivity index (χ0) is 4.41. The minimum atomic E-state index is -0.372. The van der Waals surface area contributed by atoms with Gasteiger partial charge in [-0.1, -0.05) is 0 Å². The molecule has 1 aliphatic rings. The third-order valence-corrected chi connectivity index (χ3v) is 1.68. The second kappa shape index (κ2) is 1.63. The molecule has 0 aromatic rings. The van der Waals surface area contributed by atoms with E-state index in [2.05, 4.69) is 7.80 Å². The molecule has 0 aliphatic carbocycles. The van der Waals surface area contributed by atoms with E-state index < -0.39 is 0 Å². The van der Waals surface area contributed by atoms with E-state index in [1.165, 1.54) is 0 Å². The van der Waals surface area contributed by atoms with Crippen LogP contribution >= 0.6 is 0 Å². The van der Waals surface area contributed by atoms with Crippen molar-refractivity contribution in [1.29, 1.82) is 0 Å². The van der Waals surface area contributed by atoms with Crippen molar-refractivity contribution in [2.45, 2.75) is 0 Å². The molecule has 36 valence electrons. The maximum atomic E-state index is 9.88. The van der Waals surface area contributed by atoms with Crippen LogP contribution in [0.2, 0.25) is 0 Å². The van der Waals surface area contributed by atoms with Gasteiger partial charge in [0.1, 0.15) is 0 Å². The van der Waals surface area contributed by atoms with Crippen molar-refractivity contribution in [3.8, 4) is 0 Å². The molecule has 1 N–H and O–H groups in total. The molecule has 0 atom stereocenters. The van der Waals surface area contributed by atoms with E-state index in [9.17, 15) is 4.79 Å². The SMILES string of the molecule is O=C1OC[I-][OH+]1. The number of rotatable bonds is 0. The van der Waals surface area contributed by atoms with Crippen LogP contribution < -0.4 is 21.6 Å². The Morgan fingerprint density at radius 1 is 2.00 bits per heavy atom. The van der Waals surface area contributed by atoms with Crippen LogP contribution in [0.15, 0.2) is 0 Å². The molecule has 0 saturated carbocycles. The van der Waals surface area contributed by atoms with Gasteiger partial charge in [-0.15, -0.1) is 0 Å². The van der Waals surface area contributed by atoms with Crippen LogP contribution in [0.4, 0.5) is 4.79 Å². The molecule has 0 bridgehead atoms. The summed E-state index contributed by atoms with van der Waals surface area (Å²) in [6.45, 7) is 0. The number of hydrogen-bond acceptors (Lipinski definition) is 2. The zero-order valence-electron chi connectivity index (χ0n) is 2.85. The van der Waals surface area contributed by atoms with Crippen molar-refractivity contribution in [3.63, 3.8) is 0 Å². The van der Waals surface area contributed by atoms with E-state index in [0.717, 1.165) is 0 Å². The second-order valence-electron chi connectivity index (χ2n) is 0.723. The summed E-state index contributed by atoms with van der Waals surface area (Å²) in [5.74, 6) is 0. The van der Waals surface area contributed by atoms with Gasteiger partial charge in [-0.25, -0.2) is 0 Å². The summed E-state index contributed by atoms with van der Waals surface area (Å²) in [6, 6.07) is 0. The van der Waals surface area contributed by atoms with Crippen LogP contribution in [0, 0.1) is 0 Å². The van der Waals surface area contributed by atoms with Crippen LogP contribution in [0.5, 0.6) is 0 Å². The number of hydrogen-bond donors (Lipinski definition) is 0. The van der Waals surface area contributed by atoms with Crippen LogP contribution in [0.3, 0.4) is 0 Å². The molecule has 1 saturated heterocycles. The fourth-order valence-corrected chi connectivity index (χ4v) is 1.13. The molecule has 0 aromatic heterocycles. The second-order valence-corrected chi connectivity index (χ2v) is 2.51. The van der Waals surface area contributed by atoms with Gasteiger partial charge >= 0.3 is 45.0 Å². The van der Waals surface area contributed by atoms with Gasteiger partial charge in [0.05, 0.1) is 0 Å². The van der Waals surface area contributed by atoms with Gasteiger partial charge in [0.15, 0.2) is 0 Å². The fourth-order valence-electron chi connectivity index (χ4n) is 0.169. The van der Waals surface area contributed by atoms with Crippen molar-refractivity contribution >= 4 is 6.16 Å². The molecule has 0 spiro atoms. The Hall–Kier alpha value is -0.0000000000000000555. The molecule has 4 heteroatoms. The van der Waals surface area contributed by atoms with Crippen molar-refractivity contribution < 1.29 is 34.2 Å². The summed E-state index contributed by atoms with van der Waals surface area (Å²) < 4.78 is 8.46. The Bertz CT molecular complexity index is 63.2. The first-order chi connectivity index (χ1) is 2.89. The molecule has 0 aromatic carbocycles. The number of cyclic esters (lactones) is 1. The normalized spacial score (nSPS) is 21.0. The van der Waals surface area contributed by atoms with E-state index in [1.54, 1.807) is 0 Å². The quantitative estimate of drug-likeness (QED) is 0.178. The Kier molecular flexibility index (Phi) is 1.13. The standard InChI is InChI=1S/C2H3IO3/c4-2-5-1-3-6-2/h6H,1H2. The van der Waals surface area contributed by atoms with Gasteiger partial charge in [-0.05, 0) is 0 Å². The van der Waals surface area contributed by atoms with E-state index in [-0.39, 0.29) is 27.8 Å². The van der Waals surface area contributed by atoms with Crippen molar-refractivity contribution in [3.05, 3.63) is 0 Å². The Balaban J connectivity index is 2.37. The van der Waals surface area contributed by atoms with Gasteiger partial charge in [0, 0.05) is 0 Å². The summed E-state index contributed by atoms with van der Waals surface area (Å²) in [5.41, 5.74) is 0. The molecule has 0 unspecified atom stereocenters. The molecule has 3 nitrogen and oxygen atoms in total. The Labute approximate surface area is 45.4 Å². The third kappa shape index (κ3) is 0.735. The van der Waals surface area contributed by atoms with Crippen LogP contribution in [-0.4, -0.2) is 13.8 Å². The van der Waals surface area contributed by atoms with Crippen molar-refractivity contribution in [2.24, 2.45) is 0 Å². The predicted molar refractivity (Wildman–Crippen MR) is 13.6 cm³/mol. The van der Waals surface area contributed by atoms with Gasteiger partial charge < -0.3 is 0 Å². The zero-order valence-corrected chi connectivity index (χ0v) is 5.01. The summed E-state index contributed by atoms with van der Waals surface area (Å²) in [6.07, 6.45) is -0.372. The predicted octanol–water partition coefficient (Wildman–Crippen LogP) is -3.37. The Morgan fingerprint density at radius 3 is 3.00 bits per heavy atom. The molecular formula is C2H3IO3. The summed E-state index contributed by atoms with van der Waals surface area (Å²) >= 11 is -0.245. The van der Waals surface area contributed by atoms with Crippen molar-refractivity contribution in [1.82, 2.24) is 0 Å². The number of halogens is 1. The minimum absolute atomic E-state index is 0.245. The van der Waals surface area contributed by atoms with Gasteiger partial charge in [-0.3, -0.25) is 0 Å². The first-order valence-electron chi connectivity index (χ1n) is 1.36. The van der Waals surface area contributed by atoms with Crippen LogP contribution in [0.1, 0.15) is 0 Å². The van der Waals surface area contributed by atoms with Crippen LogP contribution in [0.25, 0.3) is 0 Å². The Morgan fingerprint density at radius 2 is 2.83 bits per heavy atom. The average molecular weight is 202 g/mol. The number of alkyl halides is 1. The summed E-state index contributed by atoms with van der Waals surface area (Å²) in [7, 11) is 0. The first-order valence-corrected chi connectivity index (χ1v) is 3.85. The first kappa shape index (κ1) is 4.17. The summed E-state index contributed by atoms with van der Waals surface area (Å²) in [4.78, 5) is 9.88. The van der Waals surface area contributed by atoms with E-state index in [0.29, 0.717) is 4.61 Å². The number of ether oxygens (including phenoxy) is 1. The average Bonchev–Trinajstić information content (AvgIpc) is 1.86. The molecule has 1 heterocycles. The topological polar surface area (TPSA) is 39.1 Å². The molecule has 1 fully saturated rings. The summed E-state index contributed by atoms with van der Waals surface area (Å²) in [5, 5.41) is 0. The molecule has 0 amide bonds. The van der Waals surface area contributed by atoms with E-state index in [4.69, 9.17) is 0 Å². The van der Waals surface area contributed by atoms with Gasteiger partial charge in [-0.2, -0.15) is 0 Å². The van der Waals surface area contributed by atoms with Crippen LogP contribution in [-0.2, 0) is 4.74 Å². The molecule has 0 radical (unpaired) electrons. The van der Waals surface area contributed by atoms with Gasteiger partial charge in [0.25, 0.3) is 0 Å². The molecular weight excluding hydrogens is 199 g/mol. The van der Waals surface area contributed by atoms with E-state index >= 15 is 0 Å².